The third-order valence-corrected chi connectivity index (χ3v) is 4.37. The zero-order chi connectivity index (χ0) is 16.2. The fraction of sp³-hybridized carbons (Fsp3) is 0.462. The summed E-state index contributed by atoms with van der Waals surface area (Å²) in [5.74, 6) is -1.62. The molecule has 0 saturated carbocycles. The minimum absolute atomic E-state index is 0.0714. The van der Waals surface area contributed by atoms with Crippen molar-refractivity contribution in [3.8, 4) is 0 Å². The van der Waals surface area contributed by atoms with Gasteiger partial charge in [0.05, 0.1) is 11.1 Å². The highest BCUT2D eigenvalue weighted by atomic mass is 32.2. The van der Waals surface area contributed by atoms with Crippen LogP contribution < -0.4 is 5.32 Å². The molecule has 2 N–H and O–H groups in total. The van der Waals surface area contributed by atoms with Crippen molar-refractivity contribution in [2.24, 2.45) is 0 Å². The summed E-state index contributed by atoms with van der Waals surface area (Å²) in [6.07, 6.45) is -2.64. The van der Waals surface area contributed by atoms with Crippen LogP contribution in [0.25, 0.3) is 0 Å². The second-order valence-electron chi connectivity index (χ2n) is 4.59. The molecule has 118 valence electrons. The van der Waals surface area contributed by atoms with Gasteiger partial charge in [0.15, 0.2) is 0 Å². The Balaban J connectivity index is 2.86. The molecule has 0 bridgehead atoms. The Morgan fingerprint density at radius 3 is 2.52 bits per heavy atom. The number of aromatic carboxylic acids is 1. The molecule has 0 aliphatic heterocycles. The second kappa shape index (κ2) is 6.93. The van der Waals surface area contributed by atoms with Crippen LogP contribution >= 0.6 is 0 Å². The van der Waals surface area contributed by atoms with E-state index in [0.717, 1.165) is 12.1 Å². The van der Waals surface area contributed by atoms with Crippen LogP contribution in [0.4, 0.5) is 18.9 Å². The third kappa shape index (κ3) is 5.04. The summed E-state index contributed by atoms with van der Waals surface area (Å²) in [7, 11) is -0.994. The quantitative estimate of drug-likeness (QED) is 0.845. The average molecular weight is 323 g/mol. The lowest BCUT2D eigenvalue weighted by Gasteiger charge is -2.14. The molecule has 1 aromatic rings. The molecule has 21 heavy (non-hydrogen) atoms. The van der Waals surface area contributed by atoms with E-state index >= 15 is 0 Å². The van der Waals surface area contributed by atoms with Crippen molar-refractivity contribution in [3.63, 3.8) is 0 Å². The van der Waals surface area contributed by atoms with Gasteiger partial charge in [-0.15, -0.1) is 0 Å². The first-order valence-electron chi connectivity index (χ1n) is 6.13. The lowest BCUT2D eigenvalue weighted by atomic mass is 10.1. The maximum absolute atomic E-state index is 12.8. The molecule has 0 aliphatic carbocycles. The van der Waals surface area contributed by atoms with Gasteiger partial charge in [0.2, 0.25) is 0 Å². The van der Waals surface area contributed by atoms with Crippen LogP contribution in [0.3, 0.4) is 0 Å². The van der Waals surface area contributed by atoms with Gasteiger partial charge in [0, 0.05) is 34.5 Å². The van der Waals surface area contributed by atoms with E-state index in [2.05, 4.69) is 5.32 Å². The van der Waals surface area contributed by atoms with Crippen LogP contribution in [0.1, 0.15) is 29.3 Å². The first-order valence-corrected chi connectivity index (χ1v) is 7.75. The number of anilines is 1. The third-order valence-electron chi connectivity index (χ3n) is 3.00. The van der Waals surface area contributed by atoms with Crippen molar-refractivity contribution in [2.75, 3.05) is 18.1 Å². The summed E-state index contributed by atoms with van der Waals surface area (Å²) in [6, 6.07) is 2.98. The molecule has 1 aromatic carbocycles. The zero-order valence-electron chi connectivity index (χ0n) is 11.5. The number of hydrogen-bond acceptors (Lipinski definition) is 3. The normalized spacial score (nSPS) is 14.5. The predicted octanol–water partition coefficient (Wildman–Crippen LogP) is 2.97. The van der Waals surface area contributed by atoms with Crippen LogP contribution in [0, 0.1) is 0 Å². The predicted molar refractivity (Wildman–Crippen MR) is 75.0 cm³/mol. The van der Waals surface area contributed by atoms with Crippen molar-refractivity contribution in [3.05, 3.63) is 29.3 Å². The molecule has 0 amide bonds. The van der Waals surface area contributed by atoms with Gasteiger partial charge < -0.3 is 10.4 Å². The van der Waals surface area contributed by atoms with E-state index in [9.17, 15) is 22.2 Å². The van der Waals surface area contributed by atoms with E-state index in [1.54, 1.807) is 13.2 Å². The molecule has 0 fully saturated rings. The Morgan fingerprint density at radius 2 is 2.05 bits per heavy atom. The van der Waals surface area contributed by atoms with E-state index in [-0.39, 0.29) is 10.9 Å². The molecule has 1 rings (SSSR count). The number of rotatable bonds is 6. The standard InChI is InChI=1S/C13H16F3NO3S/c1-8(21(2)20)5-6-17-9-3-4-10(12(18)19)11(7-9)13(14,15)16/h3-4,7-8,17H,5-6H2,1-2H3,(H,18,19). The maximum atomic E-state index is 12.8. The number of hydrogen-bond donors (Lipinski definition) is 2. The molecule has 0 saturated heterocycles. The van der Waals surface area contributed by atoms with Crippen molar-refractivity contribution in [2.45, 2.75) is 24.8 Å². The van der Waals surface area contributed by atoms with Crippen LogP contribution in [0.5, 0.6) is 0 Å². The summed E-state index contributed by atoms with van der Waals surface area (Å²) >= 11 is 0. The number of benzene rings is 1. The maximum Gasteiger partial charge on any atom is 0.417 e. The minimum Gasteiger partial charge on any atom is -0.478 e. The molecular formula is C13H16F3NO3S. The van der Waals surface area contributed by atoms with E-state index < -0.39 is 34.1 Å². The minimum atomic E-state index is -4.73. The Morgan fingerprint density at radius 1 is 1.43 bits per heavy atom. The van der Waals surface area contributed by atoms with Crippen molar-refractivity contribution >= 4 is 22.5 Å². The largest absolute Gasteiger partial charge is 0.478 e. The Hall–Kier alpha value is -1.57. The highest BCUT2D eigenvalue weighted by Gasteiger charge is 2.35. The molecule has 2 unspecified atom stereocenters. The lowest BCUT2D eigenvalue weighted by Crippen LogP contribution is -2.16. The first kappa shape index (κ1) is 17.5. The Labute approximate surface area is 122 Å². The second-order valence-corrected chi connectivity index (χ2v) is 6.39. The van der Waals surface area contributed by atoms with E-state index in [1.165, 1.54) is 6.07 Å². The highest BCUT2D eigenvalue weighted by molar-refractivity contribution is 7.84. The van der Waals surface area contributed by atoms with Gasteiger partial charge in [0.25, 0.3) is 0 Å². The number of halogens is 3. The summed E-state index contributed by atoms with van der Waals surface area (Å²) in [4.78, 5) is 10.8. The van der Waals surface area contributed by atoms with Crippen molar-refractivity contribution in [1.82, 2.24) is 0 Å². The van der Waals surface area contributed by atoms with E-state index in [0.29, 0.717) is 13.0 Å². The smallest absolute Gasteiger partial charge is 0.417 e. The lowest BCUT2D eigenvalue weighted by molar-refractivity contribution is -0.138. The van der Waals surface area contributed by atoms with Crippen molar-refractivity contribution in [1.29, 1.82) is 0 Å². The van der Waals surface area contributed by atoms with Crippen molar-refractivity contribution < 1.29 is 27.3 Å². The van der Waals surface area contributed by atoms with Crippen LogP contribution in [0.15, 0.2) is 18.2 Å². The monoisotopic (exact) mass is 323 g/mol. The zero-order valence-corrected chi connectivity index (χ0v) is 12.3. The highest BCUT2D eigenvalue weighted by Crippen LogP contribution is 2.33. The van der Waals surface area contributed by atoms with Crippen LogP contribution in [0.2, 0.25) is 0 Å². The van der Waals surface area contributed by atoms with Gasteiger partial charge >= 0.3 is 12.1 Å². The Bertz CT molecular complexity index is 546. The average Bonchev–Trinajstić information content (AvgIpc) is 2.37. The van der Waals surface area contributed by atoms with E-state index in [1.807, 2.05) is 0 Å². The van der Waals surface area contributed by atoms with Gasteiger partial charge in [-0.2, -0.15) is 13.2 Å². The Kier molecular flexibility index (Phi) is 5.77. The summed E-state index contributed by atoms with van der Waals surface area (Å²) in [5, 5.41) is 11.5. The molecule has 0 aliphatic rings. The number of carboxylic acids is 1. The molecule has 0 heterocycles. The van der Waals surface area contributed by atoms with Gasteiger partial charge in [-0.1, -0.05) is 6.92 Å². The number of carboxylic acid groups (broad SMARTS) is 1. The molecule has 4 nitrogen and oxygen atoms in total. The summed E-state index contributed by atoms with van der Waals surface area (Å²) < 4.78 is 49.6. The molecular weight excluding hydrogens is 307 g/mol. The summed E-state index contributed by atoms with van der Waals surface area (Å²) in [6.45, 7) is 2.14. The first-order chi connectivity index (χ1) is 9.62. The fourth-order valence-corrected chi connectivity index (χ4v) is 2.11. The van der Waals surface area contributed by atoms with Crippen LogP contribution in [-0.2, 0) is 17.0 Å². The number of carbonyl (C=O) groups is 1. The van der Waals surface area contributed by atoms with Gasteiger partial charge in [0.1, 0.15) is 0 Å². The topological polar surface area (TPSA) is 66.4 Å². The fourth-order valence-electron chi connectivity index (χ4n) is 1.66. The number of alkyl halides is 3. The van der Waals surface area contributed by atoms with Gasteiger partial charge in [-0.25, -0.2) is 4.79 Å². The van der Waals surface area contributed by atoms with Crippen LogP contribution in [-0.4, -0.2) is 33.3 Å². The molecule has 8 heteroatoms. The number of nitrogens with one attached hydrogen (secondary N) is 1. The van der Waals surface area contributed by atoms with Gasteiger partial charge in [-0.3, -0.25) is 4.21 Å². The molecule has 0 spiro atoms. The molecule has 0 radical (unpaired) electrons. The SMILES string of the molecule is CC(CCNc1ccc(C(=O)O)c(C(F)(F)F)c1)S(C)=O. The summed E-state index contributed by atoms with van der Waals surface area (Å²) in [5.41, 5.74) is -1.79. The molecule has 2 atom stereocenters. The van der Waals surface area contributed by atoms with E-state index in [4.69, 9.17) is 5.11 Å². The van der Waals surface area contributed by atoms with Gasteiger partial charge in [-0.05, 0) is 24.6 Å². The molecule has 0 aromatic heterocycles.